The molecule has 188 valence electrons. The maximum atomic E-state index is 12.8. The molecule has 2 aromatic rings. The highest BCUT2D eigenvalue weighted by Crippen LogP contribution is 2.40. The summed E-state index contributed by atoms with van der Waals surface area (Å²) in [4.78, 5) is 41.2. The van der Waals surface area contributed by atoms with E-state index in [2.05, 4.69) is 9.73 Å². The summed E-state index contributed by atoms with van der Waals surface area (Å²) in [6.07, 6.45) is 1.60. The number of ether oxygens (including phenoxy) is 4. The van der Waals surface area contributed by atoms with Gasteiger partial charge in [0.15, 0.2) is 18.1 Å². The lowest BCUT2D eigenvalue weighted by Gasteiger charge is -2.10. The number of aliphatic hydroxyl groups excluding tert-OH is 1. The highest BCUT2D eigenvalue weighted by Gasteiger charge is 2.34. The van der Waals surface area contributed by atoms with E-state index in [0.717, 1.165) is 17.3 Å². The summed E-state index contributed by atoms with van der Waals surface area (Å²) in [7, 11) is 2.70. The van der Waals surface area contributed by atoms with E-state index in [1.165, 1.54) is 14.2 Å². The van der Waals surface area contributed by atoms with Gasteiger partial charge in [-0.1, -0.05) is 36.0 Å². The zero-order valence-corrected chi connectivity index (χ0v) is 21.0. The first-order chi connectivity index (χ1) is 17.3. The third kappa shape index (κ3) is 6.14. The fraction of sp³-hybridized carbons (Fsp3) is 0.231. The van der Waals surface area contributed by atoms with Crippen molar-refractivity contribution in [2.24, 2.45) is 4.99 Å². The van der Waals surface area contributed by atoms with Crippen LogP contribution in [0.3, 0.4) is 0 Å². The van der Waals surface area contributed by atoms with Gasteiger partial charge in [0.05, 0.1) is 25.7 Å². The number of aliphatic hydroxyl groups is 1. The molecule has 1 amide bonds. The first kappa shape index (κ1) is 26.6. The second-order valence-electron chi connectivity index (χ2n) is 7.37. The maximum absolute atomic E-state index is 12.8. The molecule has 3 rings (SSSR count). The molecule has 9 nitrogen and oxygen atoms in total. The minimum Gasteiger partial charge on any atom is -0.506 e. The van der Waals surface area contributed by atoms with Gasteiger partial charge in [0.25, 0.3) is 5.91 Å². The number of esters is 2. The summed E-state index contributed by atoms with van der Waals surface area (Å²) >= 11 is 0.972. The fourth-order valence-electron chi connectivity index (χ4n) is 3.20. The highest BCUT2D eigenvalue weighted by molar-refractivity contribution is 8.18. The van der Waals surface area contributed by atoms with Gasteiger partial charge >= 0.3 is 11.9 Å². The smallest absolute Gasteiger partial charge is 0.344 e. The molecule has 0 radical (unpaired) electrons. The molecule has 2 aromatic carbocycles. The van der Waals surface area contributed by atoms with Crippen molar-refractivity contribution in [2.75, 3.05) is 27.4 Å². The molecule has 0 fully saturated rings. The second kappa shape index (κ2) is 12.1. The quantitative estimate of drug-likeness (QED) is 0.518. The van der Waals surface area contributed by atoms with Crippen molar-refractivity contribution in [3.63, 3.8) is 0 Å². The summed E-state index contributed by atoms with van der Waals surface area (Å²) in [5.41, 5.74) is 1.54. The number of carbonyl (C=O) groups excluding carboxylic acids is 3. The number of hydrogen-bond donors (Lipinski definition) is 1. The number of amides is 1. The molecule has 0 spiro atoms. The summed E-state index contributed by atoms with van der Waals surface area (Å²) < 4.78 is 20.4. The number of rotatable bonds is 8. The fourth-order valence-corrected chi connectivity index (χ4v) is 4.21. The van der Waals surface area contributed by atoms with Gasteiger partial charge in [-0.3, -0.25) is 4.79 Å². The zero-order chi connectivity index (χ0) is 26.2. The van der Waals surface area contributed by atoms with Gasteiger partial charge in [0.2, 0.25) is 0 Å². The van der Waals surface area contributed by atoms with E-state index < -0.39 is 17.8 Å². The van der Waals surface area contributed by atoms with Crippen molar-refractivity contribution in [1.29, 1.82) is 0 Å². The van der Waals surface area contributed by atoms with Crippen LogP contribution in [0.2, 0.25) is 0 Å². The van der Waals surface area contributed by atoms with Crippen molar-refractivity contribution in [3.8, 4) is 11.5 Å². The summed E-state index contributed by atoms with van der Waals surface area (Å²) in [5.74, 6) is -1.55. The Balaban J connectivity index is 1.96. The number of aliphatic imine (C=N–C) groups is 1. The lowest BCUT2D eigenvalue weighted by molar-refractivity contribution is -0.143. The molecule has 0 aliphatic carbocycles. The molecule has 0 saturated carbocycles. The lowest BCUT2D eigenvalue weighted by atomic mass is 10.1. The normalized spacial score (nSPS) is 15.2. The van der Waals surface area contributed by atoms with Gasteiger partial charge < -0.3 is 24.1 Å². The number of aryl methyl sites for hydroxylation is 1. The molecule has 0 atom stereocenters. The van der Waals surface area contributed by atoms with E-state index in [9.17, 15) is 19.5 Å². The Morgan fingerprint density at radius 1 is 1.08 bits per heavy atom. The van der Waals surface area contributed by atoms with Crippen molar-refractivity contribution < 1.29 is 38.4 Å². The van der Waals surface area contributed by atoms with Crippen LogP contribution < -0.4 is 9.47 Å². The van der Waals surface area contributed by atoms with Crippen LogP contribution in [-0.2, 0) is 19.1 Å². The van der Waals surface area contributed by atoms with Crippen LogP contribution in [0.5, 0.6) is 11.5 Å². The molecular weight excluding hydrogens is 486 g/mol. The van der Waals surface area contributed by atoms with Crippen LogP contribution in [0, 0.1) is 6.92 Å². The topological polar surface area (TPSA) is 121 Å². The number of carbonyl (C=O) groups is 3. The number of benzene rings is 2. The molecule has 10 heteroatoms. The molecule has 0 aromatic heterocycles. The van der Waals surface area contributed by atoms with Gasteiger partial charge in [0.1, 0.15) is 16.4 Å². The lowest BCUT2D eigenvalue weighted by Crippen LogP contribution is -2.14. The van der Waals surface area contributed by atoms with Crippen LogP contribution in [0.1, 0.15) is 28.4 Å². The molecule has 1 aliphatic heterocycles. The molecule has 0 unspecified atom stereocenters. The van der Waals surface area contributed by atoms with E-state index >= 15 is 0 Å². The molecule has 1 heterocycles. The average Bonchev–Trinajstić information content (AvgIpc) is 3.17. The molecule has 36 heavy (non-hydrogen) atoms. The highest BCUT2D eigenvalue weighted by atomic mass is 32.2. The Kier molecular flexibility index (Phi) is 8.91. The van der Waals surface area contributed by atoms with Crippen LogP contribution in [0.25, 0.3) is 6.08 Å². The average molecular weight is 512 g/mol. The standard InChI is InChI=1S/C26H25NO8S/c1-5-34-26(31)22-23(29)20(36-25(22)27-24(30)17-9-7-6-8-15(17)2)13-16-10-11-18(19(12-16)32-3)35-14-21(28)33-4/h6-13,29H,5,14H2,1-4H3/b20-13-,27-25?. The Labute approximate surface area is 212 Å². The van der Waals surface area contributed by atoms with Crippen molar-refractivity contribution in [2.45, 2.75) is 13.8 Å². The third-order valence-corrected chi connectivity index (χ3v) is 6.03. The molecule has 1 N–H and O–H groups in total. The van der Waals surface area contributed by atoms with Gasteiger partial charge in [-0.2, -0.15) is 0 Å². The van der Waals surface area contributed by atoms with E-state index in [0.29, 0.717) is 27.5 Å². The van der Waals surface area contributed by atoms with Gasteiger partial charge in [-0.05, 0) is 49.2 Å². The minimum atomic E-state index is -0.786. The Bertz CT molecular complexity index is 1280. The summed E-state index contributed by atoms with van der Waals surface area (Å²) in [6.45, 7) is 3.22. The Hall–Kier alpha value is -4.05. The van der Waals surface area contributed by atoms with E-state index in [-0.39, 0.29) is 29.6 Å². The van der Waals surface area contributed by atoms with Gasteiger partial charge in [-0.15, -0.1) is 0 Å². The van der Waals surface area contributed by atoms with Crippen molar-refractivity contribution >= 4 is 40.7 Å². The first-order valence-corrected chi connectivity index (χ1v) is 11.7. The number of nitrogens with zero attached hydrogens (tertiary/aromatic N) is 1. The summed E-state index contributed by atoms with van der Waals surface area (Å²) in [5, 5.41) is 10.9. The monoisotopic (exact) mass is 511 g/mol. The minimum absolute atomic E-state index is 0.0375. The van der Waals surface area contributed by atoms with Crippen LogP contribution in [0.4, 0.5) is 0 Å². The third-order valence-electron chi connectivity index (χ3n) is 5.01. The van der Waals surface area contributed by atoms with E-state index in [1.54, 1.807) is 62.4 Å². The second-order valence-corrected chi connectivity index (χ2v) is 8.40. The van der Waals surface area contributed by atoms with E-state index in [4.69, 9.17) is 14.2 Å². The van der Waals surface area contributed by atoms with Crippen LogP contribution >= 0.6 is 11.8 Å². The molecule has 0 saturated heterocycles. The van der Waals surface area contributed by atoms with Crippen LogP contribution in [-0.4, -0.2) is 55.4 Å². The molecule has 1 aliphatic rings. The summed E-state index contributed by atoms with van der Waals surface area (Å²) in [6, 6.07) is 11.9. The zero-order valence-electron chi connectivity index (χ0n) is 20.2. The first-order valence-electron chi connectivity index (χ1n) is 10.9. The maximum Gasteiger partial charge on any atom is 0.344 e. The SMILES string of the molecule is CCOC(=O)C1=C(O)/C(=C/c2ccc(OCC(=O)OC)c(OC)c2)SC1=NC(=O)c1ccccc1C. The number of thioether (sulfide) groups is 1. The van der Waals surface area contributed by atoms with Crippen molar-refractivity contribution in [1.82, 2.24) is 0 Å². The molecule has 0 bridgehead atoms. The Morgan fingerprint density at radius 3 is 2.50 bits per heavy atom. The van der Waals surface area contributed by atoms with Gasteiger partial charge in [-0.25, -0.2) is 14.6 Å². The van der Waals surface area contributed by atoms with Crippen molar-refractivity contribution in [3.05, 3.63) is 75.4 Å². The van der Waals surface area contributed by atoms with Gasteiger partial charge in [0, 0.05) is 5.56 Å². The predicted octanol–water partition coefficient (Wildman–Crippen LogP) is 4.26. The van der Waals surface area contributed by atoms with Crippen LogP contribution in [0.15, 0.2) is 63.7 Å². The largest absolute Gasteiger partial charge is 0.506 e. The number of methoxy groups -OCH3 is 2. The molecular formula is C26H25NO8S. The number of hydrogen-bond acceptors (Lipinski definition) is 9. The van der Waals surface area contributed by atoms with E-state index in [1.807, 2.05) is 0 Å². The Morgan fingerprint density at radius 2 is 1.83 bits per heavy atom. The predicted molar refractivity (Wildman–Crippen MR) is 135 cm³/mol.